The molecule has 2 aliphatic rings. The van der Waals surface area contributed by atoms with Crippen molar-refractivity contribution in [3.8, 4) is 68.0 Å². The molecule has 1 aliphatic heterocycles. The van der Waals surface area contributed by atoms with Gasteiger partial charge in [0.2, 0.25) is 0 Å². The van der Waals surface area contributed by atoms with Crippen LogP contribution in [0.1, 0.15) is 22.3 Å². The van der Waals surface area contributed by atoms with Gasteiger partial charge in [0.25, 0.3) is 0 Å². The first kappa shape index (κ1) is 30.3. The number of hydrogen-bond acceptors (Lipinski definition) is 6. The standard InChI is InChI=1S/C48H29N5O/c1-3-14-30(15-4-1)45-51-46(31-16-5-2-6-17-31)53-47(52-45)32-26-27-35-34(28-32)44-33(41-29-49-39-22-9-10-23-40(39)50-41)18-13-21-38(44)48(35)36-19-7-11-24-42(36)54-43-25-12-8-20-37(43)48/h1-29H. The molecule has 252 valence electrons. The Balaban J connectivity index is 1.21. The molecule has 0 N–H and O–H groups in total. The maximum atomic E-state index is 6.61. The molecule has 2 aromatic heterocycles. The van der Waals surface area contributed by atoms with Crippen LogP contribution in [0.2, 0.25) is 0 Å². The van der Waals surface area contributed by atoms with Gasteiger partial charge in [0.15, 0.2) is 17.5 Å². The van der Waals surface area contributed by atoms with Crippen LogP contribution in [0.15, 0.2) is 176 Å². The molecule has 54 heavy (non-hydrogen) atoms. The van der Waals surface area contributed by atoms with Gasteiger partial charge in [-0.3, -0.25) is 4.98 Å². The van der Waals surface area contributed by atoms with Crippen molar-refractivity contribution < 1.29 is 4.74 Å². The summed E-state index contributed by atoms with van der Waals surface area (Å²) in [6.45, 7) is 0. The van der Waals surface area contributed by atoms with Crippen LogP contribution >= 0.6 is 0 Å². The van der Waals surface area contributed by atoms with E-state index in [-0.39, 0.29) is 0 Å². The first-order valence-corrected chi connectivity index (χ1v) is 18.0. The third kappa shape index (κ3) is 4.50. The Morgan fingerprint density at radius 3 is 1.61 bits per heavy atom. The lowest BCUT2D eigenvalue weighted by atomic mass is 9.66. The van der Waals surface area contributed by atoms with Gasteiger partial charge in [0, 0.05) is 33.4 Å². The minimum Gasteiger partial charge on any atom is -0.457 e. The molecule has 7 aromatic carbocycles. The van der Waals surface area contributed by atoms with Crippen LogP contribution in [0, 0.1) is 0 Å². The van der Waals surface area contributed by atoms with E-state index in [1.165, 1.54) is 0 Å². The van der Waals surface area contributed by atoms with Crippen molar-refractivity contribution in [1.82, 2.24) is 24.9 Å². The first-order chi connectivity index (χ1) is 26.8. The van der Waals surface area contributed by atoms with E-state index >= 15 is 0 Å². The van der Waals surface area contributed by atoms with Crippen LogP contribution in [0.4, 0.5) is 0 Å². The molecule has 0 unspecified atom stereocenters. The molecule has 3 heterocycles. The molecule has 0 radical (unpaired) electrons. The normalized spacial score (nSPS) is 13.1. The van der Waals surface area contributed by atoms with E-state index in [2.05, 4.69) is 72.8 Å². The summed E-state index contributed by atoms with van der Waals surface area (Å²) in [6.07, 6.45) is 1.89. The number of ether oxygens (including phenoxy) is 1. The summed E-state index contributed by atoms with van der Waals surface area (Å²) in [4.78, 5) is 25.2. The highest BCUT2D eigenvalue weighted by Gasteiger charge is 2.51. The zero-order chi connectivity index (χ0) is 35.6. The molecule has 6 nitrogen and oxygen atoms in total. The molecule has 0 saturated heterocycles. The van der Waals surface area contributed by atoms with E-state index in [1.54, 1.807) is 0 Å². The predicted molar refractivity (Wildman–Crippen MR) is 212 cm³/mol. The summed E-state index contributed by atoms with van der Waals surface area (Å²) in [5.41, 5.74) is 12.3. The van der Waals surface area contributed by atoms with Gasteiger partial charge in [-0.1, -0.05) is 140 Å². The lowest BCUT2D eigenvalue weighted by Crippen LogP contribution is -2.32. The number of benzene rings is 7. The summed E-state index contributed by atoms with van der Waals surface area (Å²) in [5.74, 6) is 3.52. The Kier molecular flexibility index (Phi) is 6.67. The monoisotopic (exact) mass is 691 g/mol. The molecule has 1 aliphatic carbocycles. The summed E-state index contributed by atoms with van der Waals surface area (Å²) >= 11 is 0. The fourth-order valence-corrected chi connectivity index (χ4v) is 8.33. The molecule has 11 rings (SSSR count). The van der Waals surface area contributed by atoms with Crippen molar-refractivity contribution >= 4 is 11.0 Å². The van der Waals surface area contributed by atoms with Gasteiger partial charge in [-0.25, -0.2) is 19.9 Å². The molecule has 1 spiro atoms. The van der Waals surface area contributed by atoms with Crippen molar-refractivity contribution in [2.24, 2.45) is 0 Å². The second kappa shape index (κ2) is 11.9. The second-order valence-electron chi connectivity index (χ2n) is 13.6. The van der Waals surface area contributed by atoms with Gasteiger partial charge in [-0.15, -0.1) is 0 Å². The number of rotatable bonds is 4. The summed E-state index contributed by atoms with van der Waals surface area (Å²) in [7, 11) is 0. The summed E-state index contributed by atoms with van der Waals surface area (Å²) in [6, 6.07) is 58.2. The van der Waals surface area contributed by atoms with Gasteiger partial charge in [0.05, 0.1) is 28.3 Å². The Morgan fingerprint density at radius 2 is 0.944 bits per heavy atom. The molecular weight excluding hydrogens is 663 g/mol. The first-order valence-electron chi connectivity index (χ1n) is 18.0. The quantitative estimate of drug-likeness (QED) is 0.183. The van der Waals surface area contributed by atoms with Crippen LogP contribution in [0.5, 0.6) is 11.5 Å². The third-order valence-electron chi connectivity index (χ3n) is 10.6. The van der Waals surface area contributed by atoms with Crippen molar-refractivity contribution in [3.63, 3.8) is 0 Å². The van der Waals surface area contributed by atoms with E-state index in [1.807, 2.05) is 103 Å². The highest BCUT2D eigenvalue weighted by atomic mass is 16.5. The lowest BCUT2D eigenvalue weighted by Gasteiger charge is -2.39. The van der Waals surface area contributed by atoms with Crippen molar-refractivity contribution in [2.75, 3.05) is 0 Å². The van der Waals surface area contributed by atoms with Crippen LogP contribution in [-0.2, 0) is 5.41 Å². The smallest absolute Gasteiger partial charge is 0.164 e. The van der Waals surface area contributed by atoms with Crippen LogP contribution in [-0.4, -0.2) is 24.9 Å². The van der Waals surface area contributed by atoms with Gasteiger partial charge in [0.1, 0.15) is 11.5 Å². The van der Waals surface area contributed by atoms with E-state index in [4.69, 9.17) is 29.7 Å². The van der Waals surface area contributed by atoms with Gasteiger partial charge in [-0.05, 0) is 52.6 Å². The molecule has 0 bridgehead atoms. The average Bonchev–Trinajstić information content (AvgIpc) is 3.54. The molecular formula is C48H29N5O. The molecule has 0 saturated carbocycles. The van der Waals surface area contributed by atoms with E-state index < -0.39 is 5.41 Å². The van der Waals surface area contributed by atoms with E-state index in [0.29, 0.717) is 17.5 Å². The number of para-hydroxylation sites is 4. The zero-order valence-electron chi connectivity index (χ0n) is 28.9. The minimum atomic E-state index is -0.654. The van der Waals surface area contributed by atoms with E-state index in [9.17, 15) is 0 Å². The van der Waals surface area contributed by atoms with Crippen LogP contribution in [0.3, 0.4) is 0 Å². The van der Waals surface area contributed by atoms with Crippen molar-refractivity contribution in [2.45, 2.75) is 5.41 Å². The Bertz CT molecular complexity index is 2820. The highest BCUT2D eigenvalue weighted by molar-refractivity contribution is 5.97. The Hall–Kier alpha value is -7.31. The maximum Gasteiger partial charge on any atom is 0.164 e. The molecule has 6 heteroatoms. The highest BCUT2D eigenvalue weighted by Crippen LogP contribution is 2.63. The van der Waals surface area contributed by atoms with Gasteiger partial charge >= 0.3 is 0 Å². The maximum absolute atomic E-state index is 6.61. The number of hydrogen-bond donors (Lipinski definition) is 0. The van der Waals surface area contributed by atoms with E-state index in [0.717, 1.165) is 83.9 Å². The fourth-order valence-electron chi connectivity index (χ4n) is 8.33. The fraction of sp³-hybridized carbons (Fsp3) is 0.0208. The molecule has 9 aromatic rings. The van der Waals surface area contributed by atoms with Crippen LogP contribution in [0.25, 0.3) is 67.6 Å². The summed E-state index contributed by atoms with van der Waals surface area (Å²) < 4.78 is 6.61. The number of fused-ring (bicyclic) bond motifs is 10. The van der Waals surface area contributed by atoms with Gasteiger partial charge in [-0.2, -0.15) is 0 Å². The minimum absolute atomic E-state index is 0.601. The third-order valence-corrected chi connectivity index (χ3v) is 10.6. The predicted octanol–water partition coefficient (Wildman–Crippen LogP) is 11.0. The SMILES string of the molecule is c1ccc(-c2nc(-c3ccccc3)nc(-c3ccc4c(c3)-c3c(-c5cnc6ccccc6n5)cccc3C43c4ccccc4Oc4ccccc43)n2)cc1. The largest absolute Gasteiger partial charge is 0.457 e. The van der Waals surface area contributed by atoms with Crippen molar-refractivity contribution in [3.05, 3.63) is 198 Å². The molecule has 0 fully saturated rings. The summed E-state index contributed by atoms with van der Waals surface area (Å²) in [5, 5.41) is 0. The number of nitrogens with zero attached hydrogens (tertiary/aromatic N) is 5. The number of aromatic nitrogens is 5. The second-order valence-corrected chi connectivity index (χ2v) is 13.6. The molecule has 0 atom stereocenters. The Labute approximate surface area is 311 Å². The topological polar surface area (TPSA) is 73.7 Å². The Morgan fingerprint density at radius 1 is 0.389 bits per heavy atom. The van der Waals surface area contributed by atoms with Crippen molar-refractivity contribution in [1.29, 1.82) is 0 Å². The average molecular weight is 692 g/mol. The van der Waals surface area contributed by atoms with Gasteiger partial charge < -0.3 is 4.74 Å². The lowest BCUT2D eigenvalue weighted by molar-refractivity contribution is 0.436. The molecule has 0 amide bonds. The van der Waals surface area contributed by atoms with Crippen LogP contribution < -0.4 is 4.74 Å². The zero-order valence-corrected chi connectivity index (χ0v) is 28.9.